The van der Waals surface area contributed by atoms with Crippen LogP contribution in [0.2, 0.25) is 0 Å². The van der Waals surface area contributed by atoms with Gasteiger partial charge in [-0.3, -0.25) is 4.79 Å². The number of nitrogens with zero attached hydrogens (tertiary/aromatic N) is 2. The molecule has 26 heavy (non-hydrogen) atoms. The Morgan fingerprint density at radius 3 is 2.73 bits per heavy atom. The Labute approximate surface area is 154 Å². The number of benzene rings is 1. The lowest BCUT2D eigenvalue weighted by atomic mass is 10.2. The summed E-state index contributed by atoms with van der Waals surface area (Å²) in [5, 5.41) is 2.92. The van der Waals surface area contributed by atoms with E-state index in [0.717, 1.165) is 35.8 Å². The Hall–Kier alpha value is -2.82. The van der Waals surface area contributed by atoms with Crippen LogP contribution >= 0.6 is 0 Å². The molecule has 136 valence electrons. The summed E-state index contributed by atoms with van der Waals surface area (Å²) in [6.07, 6.45) is 7.61. The highest BCUT2D eigenvalue weighted by Gasteiger charge is 2.13. The Balaban J connectivity index is 1.51. The Kier molecular flexibility index (Phi) is 6.25. The standard InChI is InChI=1S/C21H25N3O2/c1-2-26-19-8-5-17(6-9-19)7-10-21(25)23-16-18-11-12-22-20(15-18)24-13-3-4-14-24/h5-12,15H,2-4,13-14,16H2,1H3,(H,23,25)/b10-7+. The van der Waals surface area contributed by atoms with Gasteiger partial charge in [0.25, 0.3) is 0 Å². The van der Waals surface area contributed by atoms with Crippen LogP contribution in [0.5, 0.6) is 5.75 Å². The number of carbonyl (C=O) groups excluding carboxylic acids is 1. The molecule has 0 aliphatic carbocycles. The summed E-state index contributed by atoms with van der Waals surface area (Å²) < 4.78 is 5.41. The normalized spacial score (nSPS) is 14.0. The first-order valence-corrected chi connectivity index (χ1v) is 9.13. The summed E-state index contributed by atoms with van der Waals surface area (Å²) in [5.74, 6) is 1.72. The maximum absolute atomic E-state index is 12.1. The number of rotatable bonds is 7. The van der Waals surface area contributed by atoms with Gasteiger partial charge in [0.1, 0.15) is 11.6 Å². The van der Waals surface area contributed by atoms with Crippen LogP contribution in [0.15, 0.2) is 48.7 Å². The molecule has 1 aliphatic heterocycles. The van der Waals surface area contributed by atoms with Crippen LogP contribution in [0.1, 0.15) is 30.9 Å². The number of aromatic nitrogens is 1. The summed E-state index contributed by atoms with van der Waals surface area (Å²) >= 11 is 0. The third-order valence-corrected chi connectivity index (χ3v) is 4.32. The molecular formula is C21H25N3O2. The lowest BCUT2D eigenvalue weighted by molar-refractivity contribution is -0.116. The first kappa shape index (κ1) is 18.0. The SMILES string of the molecule is CCOc1ccc(/C=C/C(=O)NCc2ccnc(N3CCCC3)c2)cc1. The van der Waals surface area contributed by atoms with E-state index in [4.69, 9.17) is 4.74 Å². The minimum Gasteiger partial charge on any atom is -0.494 e. The lowest BCUT2D eigenvalue weighted by Crippen LogP contribution is -2.22. The van der Waals surface area contributed by atoms with Gasteiger partial charge in [-0.05, 0) is 61.2 Å². The van der Waals surface area contributed by atoms with E-state index >= 15 is 0 Å². The van der Waals surface area contributed by atoms with Crippen LogP contribution in [0.4, 0.5) is 5.82 Å². The molecule has 0 atom stereocenters. The van der Waals surface area contributed by atoms with Crippen molar-refractivity contribution in [3.05, 3.63) is 59.8 Å². The topological polar surface area (TPSA) is 54.5 Å². The molecule has 0 saturated carbocycles. The van der Waals surface area contributed by atoms with Crippen molar-refractivity contribution in [2.45, 2.75) is 26.3 Å². The van der Waals surface area contributed by atoms with Crippen molar-refractivity contribution in [3.8, 4) is 5.75 Å². The highest BCUT2D eigenvalue weighted by Crippen LogP contribution is 2.18. The lowest BCUT2D eigenvalue weighted by Gasteiger charge is -2.16. The fourth-order valence-corrected chi connectivity index (χ4v) is 2.95. The molecule has 1 aliphatic rings. The molecule has 1 fully saturated rings. The average Bonchev–Trinajstić information content (AvgIpc) is 3.21. The highest BCUT2D eigenvalue weighted by atomic mass is 16.5. The number of nitrogens with one attached hydrogen (secondary N) is 1. The van der Waals surface area contributed by atoms with Crippen molar-refractivity contribution in [2.24, 2.45) is 0 Å². The van der Waals surface area contributed by atoms with E-state index < -0.39 is 0 Å². The first-order valence-electron chi connectivity index (χ1n) is 9.13. The zero-order chi connectivity index (χ0) is 18.2. The largest absolute Gasteiger partial charge is 0.494 e. The van der Waals surface area contributed by atoms with E-state index in [1.807, 2.05) is 43.5 Å². The van der Waals surface area contributed by atoms with Crippen molar-refractivity contribution in [3.63, 3.8) is 0 Å². The molecule has 3 rings (SSSR count). The quantitative estimate of drug-likeness (QED) is 0.777. The summed E-state index contributed by atoms with van der Waals surface area (Å²) in [4.78, 5) is 18.8. The maximum atomic E-state index is 12.1. The number of hydrogen-bond acceptors (Lipinski definition) is 4. The van der Waals surface area contributed by atoms with Crippen molar-refractivity contribution in [2.75, 3.05) is 24.6 Å². The van der Waals surface area contributed by atoms with Gasteiger partial charge in [-0.2, -0.15) is 0 Å². The minimum atomic E-state index is -0.113. The van der Waals surface area contributed by atoms with E-state index in [1.54, 1.807) is 12.2 Å². The Morgan fingerprint density at radius 1 is 1.23 bits per heavy atom. The third-order valence-electron chi connectivity index (χ3n) is 4.32. The van der Waals surface area contributed by atoms with E-state index in [1.165, 1.54) is 12.8 Å². The molecule has 5 nitrogen and oxygen atoms in total. The van der Waals surface area contributed by atoms with Gasteiger partial charge < -0.3 is 15.0 Å². The van der Waals surface area contributed by atoms with Gasteiger partial charge in [-0.15, -0.1) is 0 Å². The first-order chi connectivity index (χ1) is 12.7. The summed E-state index contributed by atoms with van der Waals surface area (Å²) in [6.45, 7) is 5.22. The van der Waals surface area contributed by atoms with Crippen molar-refractivity contribution < 1.29 is 9.53 Å². The van der Waals surface area contributed by atoms with Crippen LogP contribution in [-0.4, -0.2) is 30.6 Å². The second-order valence-electron chi connectivity index (χ2n) is 6.27. The van der Waals surface area contributed by atoms with Crippen LogP contribution < -0.4 is 15.0 Å². The molecule has 1 aromatic heterocycles. The van der Waals surface area contributed by atoms with E-state index in [0.29, 0.717) is 13.2 Å². The smallest absolute Gasteiger partial charge is 0.244 e. The fraction of sp³-hybridized carbons (Fsp3) is 0.333. The van der Waals surface area contributed by atoms with Gasteiger partial charge >= 0.3 is 0 Å². The van der Waals surface area contributed by atoms with Crippen LogP contribution in [-0.2, 0) is 11.3 Å². The molecule has 1 amide bonds. The van der Waals surface area contributed by atoms with Gasteiger partial charge in [0.2, 0.25) is 5.91 Å². The molecule has 0 bridgehead atoms. The predicted molar refractivity (Wildman–Crippen MR) is 104 cm³/mol. The van der Waals surface area contributed by atoms with E-state index in [-0.39, 0.29) is 5.91 Å². The second-order valence-corrected chi connectivity index (χ2v) is 6.27. The van der Waals surface area contributed by atoms with Crippen molar-refractivity contribution >= 4 is 17.8 Å². The average molecular weight is 351 g/mol. The molecule has 2 heterocycles. The minimum absolute atomic E-state index is 0.113. The number of pyridine rings is 1. The van der Waals surface area contributed by atoms with Crippen molar-refractivity contribution in [1.82, 2.24) is 10.3 Å². The summed E-state index contributed by atoms with van der Waals surface area (Å²) in [5.41, 5.74) is 2.02. The third kappa shape index (κ3) is 5.09. The summed E-state index contributed by atoms with van der Waals surface area (Å²) in [7, 11) is 0. The van der Waals surface area contributed by atoms with E-state index in [9.17, 15) is 4.79 Å². The molecule has 2 aromatic rings. The molecule has 1 saturated heterocycles. The Bertz CT molecular complexity index is 750. The molecule has 1 aromatic carbocycles. The molecular weight excluding hydrogens is 326 g/mol. The van der Waals surface area contributed by atoms with E-state index in [2.05, 4.69) is 21.3 Å². The van der Waals surface area contributed by atoms with Gasteiger partial charge in [0, 0.05) is 31.9 Å². The second kappa shape index (κ2) is 9.04. The zero-order valence-electron chi connectivity index (χ0n) is 15.1. The van der Waals surface area contributed by atoms with Gasteiger partial charge in [0.15, 0.2) is 0 Å². The molecule has 0 spiro atoms. The maximum Gasteiger partial charge on any atom is 0.244 e. The highest BCUT2D eigenvalue weighted by molar-refractivity contribution is 5.91. The van der Waals surface area contributed by atoms with Crippen LogP contribution in [0.3, 0.4) is 0 Å². The number of hydrogen-bond donors (Lipinski definition) is 1. The Morgan fingerprint density at radius 2 is 2.00 bits per heavy atom. The zero-order valence-corrected chi connectivity index (χ0v) is 15.1. The molecule has 0 radical (unpaired) electrons. The van der Waals surface area contributed by atoms with Crippen LogP contribution in [0, 0.1) is 0 Å². The summed E-state index contributed by atoms with van der Waals surface area (Å²) in [6, 6.07) is 11.7. The van der Waals surface area contributed by atoms with Gasteiger partial charge in [-0.1, -0.05) is 12.1 Å². The number of ether oxygens (including phenoxy) is 1. The van der Waals surface area contributed by atoms with Gasteiger partial charge in [-0.25, -0.2) is 4.98 Å². The fourth-order valence-electron chi connectivity index (χ4n) is 2.95. The van der Waals surface area contributed by atoms with Gasteiger partial charge in [0.05, 0.1) is 6.61 Å². The molecule has 5 heteroatoms. The van der Waals surface area contributed by atoms with Crippen LogP contribution in [0.25, 0.3) is 6.08 Å². The predicted octanol–water partition coefficient (Wildman–Crippen LogP) is 3.41. The molecule has 1 N–H and O–H groups in total. The number of anilines is 1. The van der Waals surface area contributed by atoms with Crippen molar-refractivity contribution in [1.29, 1.82) is 0 Å². The number of amides is 1. The number of carbonyl (C=O) groups is 1. The molecule has 0 unspecified atom stereocenters. The monoisotopic (exact) mass is 351 g/mol.